The van der Waals surface area contributed by atoms with Gasteiger partial charge in [-0.05, 0) is 19.1 Å². The summed E-state index contributed by atoms with van der Waals surface area (Å²) in [6, 6.07) is 5.62. The Hall–Kier alpha value is -1.97. The molecule has 0 unspecified atom stereocenters. The first kappa shape index (κ1) is 12.5. The molecule has 0 saturated carbocycles. The van der Waals surface area contributed by atoms with Crippen LogP contribution in [-0.4, -0.2) is 31.5 Å². The van der Waals surface area contributed by atoms with Gasteiger partial charge in [-0.2, -0.15) is 0 Å². The molecule has 0 saturated heterocycles. The number of furan rings is 1. The van der Waals surface area contributed by atoms with Crippen LogP contribution in [0.3, 0.4) is 0 Å². The number of carbonyl (C=O) groups excluding carboxylic acids is 1. The minimum absolute atomic E-state index is 0.0935. The van der Waals surface area contributed by atoms with Gasteiger partial charge in [0, 0.05) is 30.6 Å². The summed E-state index contributed by atoms with van der Waals surface area (Å²) < 4.78 is 10.6. The topological polar surface area (TPSA) is 42.7 Å². The quantitative estimate of drug-likeness (QED) is 0.833. The van der Waals surface area contributed by atoms with Crippen molar-refractivity contribution >= 4 is 16.9 Å². The molecule has 0 N–H and O–H groups in total. The van der Waals surface area contributed by atoms with Gasteiger partial charge in [-0.3, -0.25) is 4.79 Å². The van der Waals surface area contributed by atoms with Crippen molar-refractivity contribution in [3.8, 4) is 5.75 Å². The molecule has 2 aromatic rings. The van der Waals surface area contributed by atoms with E-state index >= 15 is 0 Å². The SMILES string of the molecule is CCN(C)C(=O)Cc1coc2cc(OC)ccc12. The van der Waals surface area contributed by atoms with E-state index in [1.54, 1.807) is 25.3 Å². The van der Waals surface area contributed by atoms with Gasteiger partial charge < -0.3 is 14.1 Å². The Kier molecular flexibility index (Phi) is 3.55. The van der Waals surface area contributed by atoms with Gasteiger partial charge in [0.05, 0.1) is 19.8 Å². The molecule has 0 bridgehead atoms. The summed E-state index contributed by atoms with van der Waals surface area (Å²) in [5, 5.41) is 0.966. The maximum absolute atomic E-state index is 11.9. The third kappa shape index (κ3) is 2.32. The van der Waals surface area contributed by atoms with Gasteiger partial charge in [0.1, 0.15) is 11.3 Å². The van der Waals surface area contributed by atoms with Crippen molar-refractivity contribution in [2.24, 2.45) is 0 Å². The van der Waals surface area contributed by atoms with Crippen molar-refractivity contribution in [2.75, 3.05) is 20.7 Å². The molecular formula is C14H17NO3. The van der Waals surface area contributed by atoms with Crippen LogP contribution in [0.5, 0.6) is 5.75 Å². The summed E-state index contributed by atoms with van der Waals surface area (Å²) in [5.41, 5.74) is 1.66. The average Bonchev–Trinajstić information content (AvgIpc) is 2.80. The Morgan fingerprint density at radius 3 is 2.89 bits per heavy atom. The van der Waals surface area contributed by atoms with Gasteiger partial charge in [-0.15, -0.1) is 0 Å². The molecule has 0 atom stereocenters. The molecule has 0 spiro atoms. The first-order valence-electron chi connectivity index (χ1n) is 5.93. The molecule has 1 aromatic heterocycles. The molecule has 96 valence electrons. The zero-order valence-corrected chi connectivity index (χ0v) is 10.9. The highest BCUT2D eigenvalue weighted by atomic mass is 16.5. The normalized spacial score (nSPS) is 10.6. The minimum atomic E-state index is 0.0935. The van der Waals surface area contributed by atoms with Crippen LogP contribution in [0.1, 0.15) is 12.5 Å². The van der Waals surface area contributed by atoms with Gasteiger partial charge in [-0.25, -0.2) is 0 Å². The predicted octanol–water partition coefficient (Wildman–Crippen LogP) is 2.46. The number of likely N-dealkylation sites (N-methyl/N-ethyl adjacent to an activating group) is 1. The van der Waals surface area contributed by atoms with E-state index in [4.69, 9.17) is 9.15 Å². The monoisotopic (exact) mass is 247 g/mol. The molecule has 2 rings (SSSR count). The molecule has 4 nitrogen and oxygen atoms in total. The summed E-state index contributed by atoms with van der Waals surface area (Å²) in [6.07, 6.45) is 2.01. The van der Waals surface area contributed by atoms with Crippen molar-refractivity contribution in [1.82, 2.24) is 4.90 Å². The summed E-state index contributed by atoms with van der Waals surface area (Å²) in [6.45, 7) is 2.67. The Balaban J connectivity index is 2.27. The third-order valence-corrected chi connectivity index (χ3v) is 3.10. The lowest BCUT2D eigenvalue weighted by Crippen LogP contribution is -2.27. The zero-order valence-electron chi connectivity index (χ0n) is 10.9. The van der Waals surface area contributed by atoms with E-state index < -0.39 is 0 Å². The fourth-order valence-electron chi connectivity index (χ4n) is 1.80. The second kappa shape index (κ2) is 5.12. The second-order valence-electron chi connectivity index (χ2n) is 4.21. The zero-order chi connectivity index (χ0) is 13.1. The number of rotatable bonds is 4. The molecule has 0 aliphatic rings. The number of hydrogen-bond acceptors (Lipinski definition) is 3. The lowest BCUT2D eigenvalue weighted by Gasteiger charge is -2.13. The predicted molar refractivity (Wildman–Crippen MR) is 69.8 cm³/mol. The number of methoxy groups -OCH3 is 1. The van der Waals surface area contributed by atoms with Crippen molar-refractivity contribution in [2.45, 2.75) is 13.3 Å². The Morgan fingerprint density at radius 1 is 1.44 bits per heavy atom. The molecule has 0 aliphatic heterocycles. The van der Waals surface area contributed by atoms with Crippen LogP contribution in [0.25, 0.3) is 11.0 Å². The number of hydrogen-bond donors (Lipinski definition) is 0. The van der Waals surface area contributed by atoms with Crippen LogP contribution in [0.4, 0.5) is 0 Å². The highest BCUT2D eigenvalue weighted by molar-refractivity contribution is 5.88. The number of amides is 1. The van der Waals surface area contributed by atoms with Crippen molar-refractivity contribution < 1.29 is 13.9 Å². The van der Waals surface area contributed by atoms with Crippen molar-refractivity contribution in [3.05, 3.63) is 30.0 Å². The fraction of sp³-hybridized carbons (Fsp3) is 0.357. The molecule has 4 heteroatoms. The maximum atomic E-state index is 11.9. The molecule has 18 heavy (non-hydrogen) atoms. The van der Waals surface area contributed by atoms with E-state index in [-0.39, 0.29) is 5.91 Å². The molecule has 0 aliphatic carbocycles. The molecular weight excluding hydrogens is 230 g/mol. The Morgan fingerprint density at radius 2 is 2.22 bits per heavy atom. The van der Waals surface area contributed by atoms with E-state index in [1.807, 2.05) is 25.1 Å². The largest absolute Gasteiger partial charge is 0.497 e. The number of ether oxygens (including phenoxy) is 1. The van der Waals surface area contributed by atoms with E-state index in [0.717, 1.165) is 22.3 Å². The van der Waals surface area contributed by atoms with E-state index in [2.05, 4.69) is 0 Å². The smallest absolute Gasteiger partial charge is 0.226 e. The first-order valence-corrected chi connectivity index (χ1v) is 5.93. The van der Waals surface area contributed by atoms with Gasteiger partial charge in [-0.1, -0.05) is 0 Å². The highest BCUT2D eigenvalue weighted by Crippen LogP contribution is 2.26. The van der Waals surface area contributed by atoms with Crippen LogP contribution in [0, 0.1) is 0 Å². The second-order valence-corrected chi connectivity index (χ2v) is 4.21. The van der Waals surface area contributed by atoms with E-state index in [1.165, 1.54) is 0 Å². The van der Waals surface area contributed by atoms with E-state index in [9.17, 15) is 4.79 Å². The standard InChI is InChI=1S/C14H17NO3/c1-4-15(2)14(16)7-10-9-18-13-8-11(17-3)5-6-12(10)13/h5-6,8-9H,4,7H2,1-3H3. The highest BCUT2D eigenvalue weighted by Gasteiger charge is 2.13. The number of fused-ring (bicyclic) bond motifs is 1. The van der Waals surface area contributed by atoms with Crippen molar-refractivity contribution in [1.29, 1.82) is 0 Å². The number of nitrogens with zero attached hydrogens (tertiary/aromatic N) is 1. The lowest BCUT2D eigenvalue weighted by molar-refractivity contribution is -0.128. The van der Waals surface area contributed by atoms with Gasteiger partial charge in [0.25, 0.3) is 0 Å². The minimum Gasteiger partial charge on any atom is -0.497 e. The molecule has 1 aromatic carbocycles. The van der Waals surface area contributed by atoms with Crippen LogP contribution in [0.2, 0.25) is 0 Å². The fourth-order valence-corrected chi connectivity index (χ4v) is 1.80. The number of benzene rings is 1. The maximum Gasteiger partial charge on any atom is 0.226 e. The third-order valence-electron chi connectivity index (χ3n) is 3.10. The Labute approximate surface area is 106 Å². The van der Waals surface area contributed by atoms with Gasteiger partial charge >= 0.3 is 0 Å². The summed E-state index contributed by atoms with van der Waals surface area (Å²) in [7, 11) is 3.42. The van der Waals surface area contributed by atoms with Gasteiger partial charge in [0.15, 0.2) is 0 Å². The summed E-state index contributed by atoms with van der Waals surface area (Å²) >= 11 is 0. The van der Waals surface area contributed by atoms with Crippen LogP contribution in [-0.2, 0) is 11.2 Å². The molecule has 1 heterocycles. The summed E-state index contributed by atoms with van der Waals surface area (Å²) in [4.78, 5) is 13.6. The lowest BCUT2D eigenvalue weighted by atomic mass is 10.1. The first-order chi connectivity index (χ1) is 8.65. The number of carbonyl (C=O) groups is 1. The van der Waals surface area contributed by atoms with Crippen LogP contribution < -0.4 is 4.74 Å². The molecule has 1 amide bonds. The van der Waals surface area contributed by atoms with Crippen LogP contribution >= 0.6 is 0 Å². The molecule has 0 fully saturated rings. The summed E-state index contributed by atoms with van der Waals surface area (Å²) in [5.74, 6) is 0.844. The average molecular weight is 247 g/mol. The van der Waals surface area contributed by atoms with E-state index in [0.29, 0.717) is 13.0 Å². The van der Waals surface area contributed by atoms with Crippen LogP contribution in [0.15, 0.2) is 28.9 Å². The molecule has 0 radical (unpaired) electrons. The van der Waals surface area contributed by atoms with Crippen molar-refractivity contribution in [3.63, 3.8) is 0 Å². The Bertz CT molecular complexity index is 559. The van der Waals surface area contributed by atoms with Gasteiger partial charge in [0.2, 0.25) is 5.91 Å².